The average molecular weight is 492 g/mol. The van der Waals surface area contributed by atoms with Crippen LogP contribution in [-0.4, -0.2) is 32.7 Å². The summed E-state index contributed by atoms with van der Waals surface area (Å²) in [5.41, 5.74) is 0.889. The highest BCUT2D eigenvalue weighted by atomic mass is 32.1. The first-order valence-corrected chi connectivity index (χ1v) is 13.3. The van der Waals surface area contributed by atoms with Crippen molar-refractivity contribution in [3.8, 4) is 5.75 Å². The molecule has 0 bridgehead atoms. The Morgan fingerprint density at radius 1 is 1.06 bits per heavy atom. The lowest BCUT2D eigenvalue weighted by Gasteiger charge is -2.44. The molecule has 3 heterocycles. The number of aliphatic hydroxyl groups is 1. The number of likely N-dealkylation sites (tertiary alicyclic amines) is 1. The van der Waals surface area contributed by atoms with E-state index in [1.54, 1.807) is 6.07 Å². The van der Waals surface area contributed by atoms with E-state index in [0.29, 0.717) is 19.4 Å². The summed E-state index contributed by atoms with van der Waals surface area (Å²) in [5, 5.41) is 25.9. The molecule has 2 N–H and O–H groups in total. The maximum Gasteiger partial charge on any atom is 0.233 e. The van der Waals surface area contributed by atoms with Gasteiger partial charge in [0.2, 0.25) is 11.8 Å². The summed E-state index contributed by atoms with van der Waals surface area (Å²) in [6.45, 7) is 2.36. The Kier molecular flexibility index (Phi) is 5.47. The zero-order valence-electron chi connectivity index (χ0n) is 19.6. The number of rotatable bonds is 5. The van der Waals surface area contributed by atoms with Gasteiger partial charge in [-0.2, -0.15) is 0 Å². The number of hydrogen-bond acceptors (Lipinski definition) is 6. The van der Waals surface area contributed by atoms with Crippen LogP contribution in [0.1, 0.15) is 49.2 Å². The van der Waals surface area contributed by atoms with Crippen LogP contribution >= 0.6 is 11.3 Å². The summed E-state index contributed by atoms with van der Waals surface area (Å²) in [6.07, 6.45) is 2.07. The maximum atomic E-state index is 13.6. The second-order valence-electron chi connectivity index (χ2n) is 10.1. The Hall–Kier alpha value is -2.74. The van der Waals surface area contributed by atoms with Gasteiger partial charge >= 0.3 is 0 Å². The van der Waals surface area contributed by atoms with Gasteiger partial charge in [0, 0.05) is 22.1 Å². The molecule has 2 aromatic carbocycles. The first-order chi connectivity index (χ1) is 16.9. The van der Waals surface area contributed by atoms with Crippen molar-refractivity contribution >= 4 is 33.9 Å². The fraction of sp³-hybridized carbons (Fsp3) is 0.429. The molecule has 0 spiro atoms. The highest BCUT2D eigenvalue weighted by Crippen LogP contribution is 2.59. The number of imide groups is 1. The molecule has 3 aromatic rings. The molecule has 6 atom stereocenters. The standard InChI is InChI=1S/C28H29NO5S/c1-2-6-16-13-21-25(27(32)29(26(21)31)15-17-7-5-12-35-17)22-14-24(34-28(16,22)33)20-10-11-23(30)19-9-4-3-8-18(19)20/h3-5,7-12,16,21-22,24-25,30,33H,2,6,13-15H2,1H3/t16-,21-,22-,24-,25-,28+/m0/s1. The molecule has 1 aromatic heterocycles. The molecule has 6 rings (SSSR count). The third kappa shape index (κ3) is 3.44. The van der Waals surface area contributed by atoms with Crippen LogP contribution in [0.5, 0.6) is 5.75 Å². The summed E-state index contributed by atoms with van der Waals surface area (Å²) in [7, 11) is 0. The number of phenols is 1. The fourth-order valence-corrected chi connectivity index (χ4v) is 7.41. The van der Waals surface area contributed by atoms with Crippen molar-refractivity contribution in [3.05, 3.63) is 64.4 Å². The quantitative estimate of drug-likeness (QED) is 0.491. The van der Waals surface area contributed by atoms with E-state index in [0.717, 1.165) is 34.1 Å². The zero-order chi connectivity index (χ0) is 24.3. The van der Waals surface area contributed by atoms with Crippen LogP contribution in [0, 0.1) is 23.7 Å². The topological polar surface area (TPSA) is 87.1 Å². The maximum absolute atomic E-state index is 13.6. The summed E-state index contributed by atoms with van der Waals surface area (Å²) in [6, 6.07) is 15.0. The summed E-state index contributed by atoms with van der Waals surface area (Å²) < 4.78 is 6.48. The Morgan fingerprint density at radius 2 is 1.86 bits per heavy atom. The van der Waals surface area contributed by atoms with Crippen molar-refractivity contribution in [2.24, 2.45) is 23.7 Å². The van der Waals surface area contributed by atoms with E-state index in [2.05, 4.69) is 6.92 Å². The van der Waals surface area contributed by atoms with E-state index in [9.17, 15) is 19.8 Å². The average Bonchev–Trinajstić information content (AvgIpc) is 3.55. The van der Waals surface area contributed by atoms with Gasteiger partial charge in [0.25, 0.3) is 0 Å². The van der Waals surface area contributed by atoms with Crippen molar-refractivity contribution in [2.45, 2.75) is 51.0 Å². The molecule has 0 unspecified atom stereocenters. The predicted molar refractivity (Wildman–Crippen MR) is 132 cm³/mol. The lowest BCUT2D eigenvalue weighted by molar-refractivity contribution is -0.270. The number of amides is 2. The summed E-state index contributed by atoms with van der Waals surface area (Å²) >= 11 is 1.53. The minimum Gasteiger partial charge on any atom is -0.507 e. The number of thiophene rings is 1. The van der Waals surface area contributed by atoms with Gasteiger partial charge in [-0.15, -0.1) is 11.3 Å². The monoisotopic (exact) mass is 491 g/mol. The van der Waals surface area contributed by atoms with Crippen LogP contribution in [0.15, 0.2) is 53.9 Å². The number of nitrogens with zero attached hydrogens (tertiary/aromatic N) is 1. The normalized spacial score (nSPS) is 32.3. The van der Waals surface area contributed by atoms with E-state index in [-0.39, 0.29) is 23.5 Å². The van der Waals surface area contributed by atoms with Gasteiger partial charge in [-0.05, 0) is 47.7 Å². The Balaban J connectivity index is 1.38. The van der Waals surface area contributed by atoms with Gasteiger partial charge in [0.1, 0.15) is 5.75 Å². The smallest absolute Gasteiger partial charge is 0.233 e. The van der Waals surface area contributed by atoms with Crippen LogP contribution in [0.25, 0.3) is 10.8 Å². The molecular formula is C28H29NO5S. The number of ether oxygens (including phenoxy) is 1. The van der Waals surface area contributed by atoms with Crippen LogP contribution in [-0.2, 0) is 20.9 Å². The number of hydrogen-bond donors (Lipinski definition) is 2. The fourth-order valence-electron chi connectivity index (χ4n) is 6.72. The van der Waals surface area contributed by atoms with Crippen molar-refractivity contribution in [1.82, 2.24) is 4.90 Å². The summed E-state index contributed by atoms with van der Waals surface area (Å²) in [5.74, 6) is -3.23. The molecular weight excluding hydrogens is 462 g/mol. The highest BCUT2D eigenvalue weighted by molar-refractivity contribution is 7.09. The molecule has 3 aliphatic rings. The number of carbonyl (C=O) groups is 2. The minimum atomic E-state index is -1.46. The van der Waals surface area contributed by atoms with Crippen molar-refractivity contribution in [3.63, 3.8) is 0 Å². The van der Waals surface area contributed by atoms with Crippen LogP contribution < -0.4 is 0 Å². The van der Waals surface area contributed by atoms with Crippen molar-refractivity contribution < 1.29 is 24.5 Å². The van der Waals surface area contributed by atoms with Crippen LogP contribution in [0.4, 0.5) is 0 Å². The van der Waals surface area contributed by atoms with E-state index in [4.69, 9.17) is 4.74 Å². The molecule has 3 fully saturated rings. The van der Waals surface area contributed by atoms with Gasteiger partial charge in [-0.25, -0.2) is 0 Å². The molecule has 6 nitrogen and oxygen atoms in total. The first kappa shape index (κ1) is 22.7. The van der Waals surface area contributed by atoms with Crippen molar-refractivity contribution in [2.75, 3.05) is 0 Å². The van der Waals surface area contributed by atoms with Gasteiger partial charge in [0.15, 0.2) is 5.79 Å². The molecule has 2 saturated heterocycles. The predicted octanol–water partition coefficient (Wildman–Crippen LogP) is 4.99. The number of fused-ring (bicyclic) bond motifs is 4. The highest BCUT2D eigenvalue weighted by Gasteiger charge is 2.66. The SMILES string of the molecule is CCC[C@H]1C[C@@H]2C(=O)N(Cc3cccs3)C(=O)[C@@H]2[C@@H]2C[C@@H](c3ccc(O)c4ccccc34)O[C@]12O. The van der Waals surface area contributed by atoms with E-state index in [1.165, 1.54) is 16.2 Å². The number of phenolic OH excluding ortho intramolecular Hbond substituents is 1. The van der Waals surface area contributed by atoms with Gasteiger partial charge in [-0.1, -0.05) is 49.7 Å². The Morgan fingerprint density at radius 3 is 2.60 bits per heavy atom. The Bertz CT molecular complexity index is 1290. The third-order valence-corrected chi connectivity index (χ3v) is 9.13. The molecule has 35 heavy (non-hydrogen) atoms. The van der Waals surface area contributed by atoms with E-state index < -0.39 is 29.6 Å². The number of benzene rings is 2. The lowest BCUT2D eigenvalue weighted by Crippen LogP contribution is -2.53. The lowest BCUT2D eigenvalue weighted by atomic mass is 9.63. The minimum absolute atomic E-state index is 0.116. The van der Waals surface area contributed by atoms with Gasteiger partial charge in [-0.3, -0.25) is 14.5 Å². The van der Waals surface area contributed by atoms with Gasteiger partial charge < -0.3 is 14.9 Å². The van der Waals surface area contributed by atoms with E-state index in [1.807, 2.05) is 47.8 Å². The molecule has 1 saturated carbocycles. The second kappa shape index (κ2) is 8.43. The third-order valence-electron chi connectivity index (χ3n) is 8.27. The zero-order valence-corrected chi connectivity index (χ0v) is 20.4. The molecule has 182 valence electrons. The summed E-state index contributed by atoms with van der Waals surface area (Å²) in [4.78, 5) is 29.5. The van der Waals surface area contributed by atoms with Crippen LogP contribution in [0.2, 0.25) is 0 Å². The van der Waals surface area contributed by atoms with E-state index >= 15 is 0 Å². The first-order valence-electron chi connectivity index (χ1n) is 12.4. The molecule has 2 aliphatic heterocycles. The van der Waals surface area contributed by atoms with Gasteiger partial charge in [0.05, 0.1) is 24.5 Å². The Labute approximate surface area is 208 Å². The molecule has 7 heteroatoms. The second-order valence-corrected chi connectivity index (χ2v) is 11.1. The number of carbonyl (C=O) groups excluding carboxylic acids is 2. The molecule has 2 amide bonds. The van der Waals surface area contributed by atoms with Crippen molar-refractivity contribution in [1.29, 1.82) is 0 Å². The van der Waals surface area contributed by atoms with Crippen LogP contribution in [0.3, 0.4) is 0 Å². The molecule has 1 aliphatic carbocycles. The largest absolute Gasteiger partial charge is 0.507 e. The number of aromatic hydroxyl groups is 1. The molecule has 0 radical (unpaired) electrons.